The number of amides is 2. The molecule has 0 atom stereocenters. The molecule has 4 N–H and O–H groups in total. The average molecular weight is 494 g/mol. The van der Waals surface area contributed by atoms with E-state index < -0.39 is 52.3 Å². The van der Waals surface area contributed by atoms with Gasteiger partial charge in [-0.25, -0.2) is 5.53 Å². The molecule has 1 aromatic heterocycles. The van der Waals surface area contributed by atoms with Gasteiger partial charge in [-0.2, -0.15) is 22.0 Å². The van der Waals surface area contributed by atoms with Crippen molar-refractivity contribution in [2.75, 3.05) is 12.4 Å². The number of pyridine rings is 1. The number of ether oxygens (including phenoxy) is 1. The molecule has 0 bridgehead atoms. The van der Waals surface area contributed by atoms with E-state index in [0.717, 1.165) is 30.5 Å². The maximum atomic E-state index is 13.2. The number of anilines is 1. The number of hydrazine groups is 2. The minimum absolute atomic E-state index is 0.0136. The van der Waals surface area contributed by atoms with E-state index >= 15 is 0 Å². The van der Waals surface area contributed by atoms with Gasteiger partial charge in [0.05, 0.1) is 16.1 Å². The third kappa shape index (κ3) is 5.38. The maximum absolute atomic E-state index is 13.2. The zero-order chi connectivity index (χ0) is 24.3. The van der Waals surface area contributed by atoms with Crippen molar-refractivity contribution >= 4 is 35.1 Å². The van der Waals surface area contributed by atoms with Crippen molar-refractivity contribution in [3.8, 4) is 5.75 Å². The number of hydrogen-bond acceptors (Lipinski definition) is 8. The standard InChI is InChI=1S/C17H13ClF5N7O3/c1-30-16(27-28-29-30)26-13(31)7-4-5-9(33-15(19)20)11(10(7)18)25-14(32)8-3-2-6-24-12(8)17(21,22)23/h2-6,15,28-29H,1H3,(H,25,32)(H,26,27,31). The Morgan fingerprint density at radius 3 is 2.45 bits per heavy atom. The van der Waals surface area contributed by atoms with E-state index in [1.54, 1.807) is 0 Å². The third-order valence-electron chi connectivity index (χ3n) is 4.05. The first-order valence-electron chi connectivity index (χ1n) is 8.73. The van der Waals surface area contributed by atoms with Crippen molar-refractivity contribution < 1.29 is 36.3 Å². The average Bonchev–Trinajstić information content (AvgIpc) is 3.13. The summed E-state index contributed by atoms with van der Waals surface area (Å²) in [7, 11) is 1.50. The molecule has 176 valence electrons. The highest BCUT2D eigenvalue weighted by Crippen LogP contribution is 2.37. The summed E-state index contributed by atoms with van der Waals surface area (Å²) >= 11 is 6.15. The Kier molecular flexibility index (Phi) is 6.83. The molecule has 0 saturated carbocycles. The predicted molar refractivity (Wildman–Crippen MR) is 104 cm³/mol. The first-order chi connectivity index (χ1) is 15.5. The van der Waals surface area contributed by atoms with Gasteiger partial charge in [0.25, 0.3) is 11.8 Å². The molecule has 2 amide bonds. The number of rotatable bonds is 5. The maximum Gasteiger partial charge on any atom is 0.434 e. The number of alkyl halides is 5. The smallest absolute Gasteiger partial charge is 0.433 e. The number of hydrazone groups is 1. The number of benzene rings is 1. The van der Waals surface area contributed by atoms with Gasteiger partial charge in [0.15, 0.2) is 11.4 Å². The van der Waals surface area contributed by atoms with Crippen molar-refractivity contribution in [2.45, 2.75) is 12.8 Å². The lowest BCUT2D eigenvalue weighted by Gasteiger charge is -2.18. The van der Waals surface area contributed by atoms with Crippen molar-refractivity contribution in [1.29, 1.82) is 0 Å². The molecule has 2 heterocycles. The van der Waals surface area contributed by atoms with Gasteiger partial charge in [-0.3, -0.25) is 24.9 Å². The van der Waals surface area contributed by atoms with E-state index in [2.05, 4.69) is 31.2 Å². The topological polar surface area (TPSA) is 120 Å². The molecule has 10 nitrogen and oxygen atoms in total. The van der Waals surface area contributed by atoms with Gasteiger partial charge in [-0.05, 0) is 24.3 Å². The Balaban J connectivity index is 1.98. The SMILES string of the molecule is CN1NNN=C1NC(=O)c1ccc(OC(F)F)c(NC(=O)c2cccnc2C(F)(F)F)c1Cl. The van der Waals surface area contributed by atoms with Crippen LogP contribution in [-0.4, -0.2) is 41.4 Å². The van der Waals surface area contributed by atoms with Crippen LogP contribution in [0.2, 0.25) is 5.02 Å². The van der Waals surface area contributed by atoms with Crippen molar-refractivity contribution in [3.63, 3.8) is 0 Å². The van der Waals surface area contributed by atoms with Crippen molar-refractivity contribution in [3.05, 3.63) is 52.3 Å². The van der Waals surface area contributed by atoms with Gasteiger partial charge in [0.1, 0.15) is 5.69 Å². The van der Waals surface area contributed by atoms with Crippen LogP contribution in [0.5, 0.6) is 5.75 Å². The fourth-order valence-electron chi connectivity index (χ4n) is 2.60. The van der Waals surface area contributed by atoms with Crippen molar-refractivity contribution in [1.82, 2.24) is 26.4 Å². The number of nitrogens with one attached hydrogen (secondary N) is 4. The lowest BCUT2D eigenvalue weighted by Crippen LogP contribution is -2.45. The van der Waals surface area contributed by atoms with Crippen LogP contribution < -0.4 is 26.4 Å². The number of hydrogen-bond donors (Lipinski definition) is 4. The monoisotopic (exact) mass is 493 g/mol. The van der Waals surface area contributed by atoms with Gasteiger partial charge in [0.2, 0.25) is 5.96 Å². The zero-order valence-corrected chi connectivity index (χ0v) is 17.1. The zero-order valence-electron chi connectivity index (χ0n) is 16.3. The number of aromatic nitrogens is 1. The summed E-state index contributed by atoms with van der Waals surface area (Å²) in [4.78, 5) is 28.3. The molecular formula is C17H13ClF5N7O3. The largest absolute Gasteiger partial charge is 0.434 e. The van der Waals surface area contributed by atoms with Gasteiger partial charge in [0, 0.05) is 13.2 Å². The first kappa shape index (κ1) is 23.9. The van der Waals surface area contributed by atoms with E-state index in [4.69, 9.17) is 11.6 Å². The van der Waals surface area contributed by atoms with Crippen LogP contribution in [0.15, 0.2) is 35.6 Å². The summed E-state index contributed by atoms with van der Waals surface area (Å²) in [5.74, 6) is -2.91. The molecule has 0 aliphatic carbocycles. The number of carbonyl (C=O) groups excluding carboxylic acids is 2. The van der Waals surface area contributed by atoms with E-state index in [9.17, 15) is 31.5 Å². The number of carbonyl (C=O) groups is 2. The van der Waals surface area contributed by atoms with Gasteiger partial charge in [-0.15, -0.1) is 10.6 Å². The van der Waals surface area contributed by atoms with Crippen LogP contribution in [0, 0.1) is 0 Å². The molecule has 1 aliphatic rings. The Morgan fingerprint density at radius 1 is 1.15 bits per heavy atom. The Labute approximate surface area is 186 Å². The van der Waals surface area contributed by atoms with Gasteiger partial charge in [-0.1, -0.05) is 11.6 Å². The van der Waals surface area contributed by atoms with E-state index in [-0.39, 0.29) is 11.5 Å². The molecule has 0 saturated heterocycles. The van der Waals surface area contributed by atoms with Crippen LogP contribution in [0.3, 0.4) is 0 Å². The first-order valence-corrected chi connectivity index (χ1v) is 9.11. The van der Waals surface area contributed by atoms with Crippen LogP contribution in [0.1, 0.15) is 26.4 Å². The number of guanidine groups is 1. The molecule has 2 aromatic rings. The molecule has 0 radical (unpaired) electrons. The summed E-state index contributed by atoms with van der Waals surface area (Å²) in [5, 5.41) is 8.77. The molecule has 0 unspecified atom stereocenters. The normalized spacial score (nSPS) is 13.5. The lowest BCUT2D eigenvalue weighted by atomic mass is 10.1. The molecule has 0 spiro atoms. The highest BCUT2D eigenvalue weighted by atomic mass is 35.5. The minimum atomic E-state index is -4.97. The summed E-state index contributed by atoms with van der Waals surface area (Å²) in [6.07, 6.45) is -4.15. The predicted octanol–water partition coefficient (Wildman–Crippen LogP) is 2.56. The summed E-state index contributed by atoms with van der Waals surface area (Å²) in [5.41, 5.74) is 1.49. The minimum Gasteiger partial charge on any atom is -0.433 e. The summed E-state index contributed by atoms with van der Waals surface area (Å²) in [6, 6.07) is 3.82. The summed E-state index contributed by atoms with van der Waals surface area (Å²) in [6.45, 7) is -3.36. The molecular weight excluding hydrogens is 481 g/mol. The summed E-state index contributed by atoms with van der Waals surface area (Å²) < 4.78 is 69.6. The van der Waals surface area contributed by atoms with E-state index in [0.29, 0.717) is 0 Å². The van der Waals surface area contributed by atoms with Crippen LogP contribution in [0.4, 0.5) is 27.6 Å². The second kappa shape index (κ2) is 9.41. The second-order valence-corrected chi connectivity index (χ2v) is 6.58. The van der Waals surface area contributed by atoms with Crippen LogP contribution in [-0.2, 0) is 6.18 Å². The highest BCUT2D eigenvalue weighted by Gasteiger charge is 2.37. The lowest BCUT2D eigenvalue weighted by molar-refractivity contribution is -0.141. The molecule has 1 aliphatic heterocycles. The Morgan fingerprint density at radius 2 is 1.85 bits per heavy atom. The Hall–Kier alpha value is -3.72. The van der Waals surface area contributed by atoms with Gasteiger partial charge < -0.3 is 10.1 Å². The number of nitrogens with zero attached hydrogens (tertiary/aromatic N) is 3. The van der Waals surface area contributed by atoms with Crippen molar-refractivity contribution in [2.24, 2.45) is 5.10 Å². The molecule has 0 fully saturated rings. The molecule has 16 heteroatoms. The number of halogens is 6. The fraction of sp³-hybridized carbons (Fsp3) is 0.176. The highest BCUT2D eigenvalue weighted by molar-refractivity contribution is 6.37. The quantitative estimate of drug-likeness (QED) is 0.473. The molecule has 1 aromatic carbocycles. The van der Waals surface area contributed by atoms with Crippen LogP contribution >= 0.6 is 11.6 Å². The van der Waals surface area contributed by atoms with E-state index in [1.165, 1.54) is 12.1 Å². The Bertz CT molecular complexity index is 1110. The van der Waals surface area contributed by atoms with Gasteiger partial charge >= 0.3 is 12.8 Å². The third-order valence-corrected chi connectivity index (χ3v) is 4.44. The molecule has 33 heavy (non-hydrogen) atoms. The molecule has 3 rings (SSSR count). The van der Waals surface area contributed by atoms with E-state index in [1.807, 2.05) is 5.32 Å². The fourth-order valence-corrected chi connectivity index (χ4v) is 2.89. The second-order valence-electron chi connectivity index (χ2n) is 6.20. The van der Waals surface area contributed by atoms with Crippen LogP contribution in [0.25, 0.3) is 0 Å².